The third-order valence-electron chi connectivity index (χ3n) is 1.94. The van der Waals surface area contributed by atoms with E-state index in [1.165, 1.54) is 19.1 Å². The van der Waals surface area contributed by atoms with Gasteiger partial charge >= 0.3 is 0 Å². The summed E-state index contributed by atoms with van der Waals surface area (Å²) in [5.41, 5.74) is 0.600. The number of phenols is 2. The predicted octanol–water partition coefficient (Wildman–Crippen LogP) is 0.590. The van der Waals surface area contributed by atoms with Crippen LogP contribution in [0.3, 0.4) is 0 Å². The highest BCUT2D eigenvalue weighted by Crippen LogP contribution is 2.25. The summed E-state index contributed by atoms with van der Waals surface area (Å²) in [6, 6.07) is 4.18. The van der Waals surface area contributed by atoms with Crippen molar-refractivity contribution in [1.82, 2.24) is 0 Å². The number of aromatic hydroxyl groups is 2. The van der Waals surface area contributed by atoms with Gasteiger partial charge in [0.05, 0.1) is 0 Å². The molecule has 1 atom stereocenters. The molecule has 0 bridgehead atoms. The number of ketones is 1. The van der Waals surface area contributed by atoms with Crippen molar-refractivity contribution in [2.75, 3.05) is 0 Å². The first-order valence-electron chi connectivity index (χ1n) is 4.20. The van der Waals surface area contributed by atoms with Crippen molar-refractivity contribution in [2.45, 2.75) is 19.4 Å². The van der Waals surface area contributed by atoms with Gasteiger partial charge in [0.1, 0.15) is 6.10 Å². The van der Waals surface area contributed by atoms with Crippen molar-refractivity contribution in [3.63, 3.8) is 0 Å². The van der Waals surface area contributed by atoms with Crippen molar-refractivity contribution in [2.24, 2.45) is 0 Å². The average Bonchev–Trinajstić information content (AvgIpc) is 2.11. The maximum absolute atomic E-state index is 10.7. The molecule has 0 aliphatic heterocycles. The summed E-state index contributed by atoms with van der Waals surface area (Å²) in [6.45, 7) is 1.30. The minimum absolute atomic E-state index is 0.142. The Morgan fingerprint density at radius 2 is 2.00 bits per heavy atom. The summed E-state index contributed by atoms with van der Waals surface area (Å²) in [5.74, 6) is -0.790. The van der Waals surface area contributed by atoms with Gasteiger partial charge in [-0.1, -0.05) is 6.07 Å². The largest absolute Gasteiger partial charge is 0.504 e. The van der Waals surface area contributed by atoms with Crippen LogP contribution in [0.2, 0.25) is 0 Å². The van der Waals surface area contributed by atoms with Crippen molar-refractivity contribution in [3.8, 4) is 11.5 Å². The van der Waals surface area contributed by atoms with Crippen LogP contribution >= 0.6 is 0 Å². The SMILES string of the molecule is CC(=O)C(O)Cc1ccc(O)c(O)c1. The molecule has 0 aliphatic carbocycles. The second-order valence-corrected chi connectivity index (χ2v) is 3.15. The maximum atomic E-state index is 10.7. The van der Waals surface area contributed by atoms with Crippen LogP contribution in [-0.4, -0.2) is 27.2 Å². The molecule has 1 aromatic rings. The lowest BCUT2D eigenvalue weighted by Crippen LogP contribution is -2.19. The molecule has 14 heavy (non-hydrogen) atoms. The highest BCUT2D eigenvalue weighted by molar-refractivity contribution is 5.80. The molecule has 0 saturated heterocycles. The first-order valence-corrected chi connectivity index (χ1v) is 4.20. The number of carbonyl (C=O) groups excluding carboxylic acids is 1. The monoisotopic (exact) mass is 196 g/mol. The Hall–Kier alpha value is -1.55. The van der Waals surface area contributed by atoms with Gasteiger partial charge in [0.2, 0.25) is 0 Å². The van der Waals surface area contributed by atoms with Crippen LogP contribution < -0.4 is 0 Å². The number of phenolic OH excluding ortho intramolecular Hbond substituents is 2. The van der Waals surface area contributed by atoms with Gasteiger partial charge in [-0.2, -0.15) is 0 Å². The molecule has 1 unspecified atom stereocenters. The van der Waals surface area contributed by atoms with Gasteiger partial charge in [0.25, 0.3) is 0 Å². The highest BCUT2D eigenvalue weighted by Gasteiger charge is 2.11. The molecule has 4 nitrogen and oxygen atoms in total. The fraction of sp³-hybridized carbons (Fsp3) is 0.300. The molecule has 0 radical (unpaired) electrons. The van der Waals surface area contributed by atoms with Crippen molar-refractivity contribution < 1.29 is 20.1 Å². The van der Waals surface area contributed by atoms with E-state index in [9.17, 15) is 9.90 Å². The van der Waals surface area contributed by atoms with E-state index in [4.69, 9.17) is 10.2 Å². The molecule has 76 valence electrons. The molecule has 1 aromatic carbocycles. The van der Waals surface area contributed by atoms with Crippen molar-refractivity contribution in [3.05, 3.63) is 23.8 Å². The van der Waals surface area contributed by atoms with E-state index in [-0.39, 0.29) is 23.7 Å². The van der Waals surface area contributed by atoms with Crippen LogP contribution in [-0.2, 0) is 11.2 Å². The zero-order valence-corrected chi connectivity index (χ0v) is 7.77. The van der Waals surface area contributed by atoms with E-state index in [0.717, 1.165) is 0 Å². The van der Waals surface area contributed by atoms with Crippen LogP contribution in [0.1, 0.15) is 12.5 Å². The molecule has 0 aliphatic rings. The summed E-state index contributed by atoms with van der Waals surface area (Å²) in [7, 11) is 0. The fourth-order valence-electron chi connectivity index (χ4n) is 1.06. The minimum atomic E-state index is -1.06. The fourth-order valence-corrected chi connectivity index (χ4v) is 1.06. The molecule has 0 spiro atoms. The molecular weight excluding hydrogens is 184 g/mol. The summed E-state index contributed by atoms with van der Waals surface area (Å²) in [6.07, 6.45) is -0.914. The third-order valence-corrected chi connectivity index (χ3v) is 1.94. The van der Waals surface area contributed by atoms with Gasteiger partial charge in [0, 0.05) is 6.42 Å². The number of hydrogen-bond acceptors (Lipinski definition) is 4. The average molecular weight is 196 g/mol. The molecule has 0 aromatic heterocycles. The van der Waals surface area contributed by atoms with Gasteiger partial charge in [0.15, 0.2) is 17.3 Å². The Morgan fingerprint density at radius 3 is 2.50 bits per heavy atom. The van der Waals surface area contributed by atoms with E-state index in [1.54, 1.807) is 6.07 Å². The second kappa shape index (κ2) is 4.11. The normalized spacial score (nSPS) is 12.4. The molecule has 0 fully saturated rings. The molecule has 4 heteroatoms. The molecule has 0 amide bonds. The molecule has 1 rings (SSSR count). The van der Waals surface area contributed by atoms with E-state index in [0.29, 0.717) is 5.56 Å². The summed E-state index contributed by atoms with van der Waals surface area (Å²) in [5, 5.41) is 27.4. The van der Waals surface area contributed by atoms with E-state index in [2.05, 4.69) is 0 Å². The Kier molecular flexibility index (Phi) is 3.09. The van der Waals surface area contributed by atoms with Crippen molar-refractivity contribution >= 4 is 5.78 Å². The Bertz CT molecular complexity index is 346. The molecular formula is C10H12O4. The number of Topliss-reactive ketones (excluding diaryl/α,β-unsaturated/α-hetero) is 1. The highest BCUT2D eigenvalue weighted by atomic mass is 16.3. The lowest BCUT2D eigenvalue weighted by molar-refractivity contribution is -0.124. The predicted molar refractivity (Wildman–Crippen MR) is 50.2 cm³/mol. The van der Waals surface area contributed by atoms with Gasteiger partial charge in [-0.15, -0.1) is 0 Å². The van der Waals surface area contributed by atoms with E-state index < -0.39 is 6.10 Å². The number of aliphatic hydroxyl groups is 1. The van der Waals surface area contributed by atoms with Gasteiger partial charge in [-0.25, -0.2) is 0 Å². The topological polar surface area (TPSA) is 77.8 Å². The van der Waals surface area contributed by atoms with Gasteiger partial charge in [-0.05, 0) is 24.6 Å². The Balaban J connectivity index is 2.78. The zero-order valence-electron chi connectivity index (χ0n) is 7.77. The first kappa shape index (κ1) is 10.5. The standard InChI is InChI=1S/C10H12O4/c1-6(11)9(13)4-7-2-3-8(12)10(14)5-7/h2-3,5,9,12-14H,4H2,1H3. The molecule has 0 heterocycles. The third kappa shape index (κ3) is 2.47. The molecule has 3 N–H and O–H groups in total. The quantitative estimate of drug-likeness (QED) is 0.618. The lowest BCUT2D eigenvalue weighted by Gasteiger charge is -2.07. The summed E-state index contributed by atoms with van der Waals surface area (Å²) in [4.78, 5) is 10.7. The smallest absolute Gasteiger partial charge is 0.158 e. The number of benzene rings is 1. The second-order valence-electron chi connectivity index (χ2n) is 3.15. The maximum Gasteiger partial charge on any atom is 0.158 e. The van der Waals surface area contributed by atoms with Gasteiger partial charge in [-0.3, -0.25) is 4.79 Å². The number of hydrogen-bond donors (Lipinski definition) is 3. The number of rotatable bonds is 3. The van der Waals surface area contributed by atoms with E-state index in [1.807, 2.05) is 0 Å². The van der Waals surface area contributed by atoms with Crippen LogP contribution in [0.4, 0.5) is 0 Å². The first-order chi connectivity index (χ1) is 6.50. The lowest BCUT2D eigenvalue weighted by atomic mass is 10.1. The Morgan fingerprint density at radius 1 is 1.36 bits per heavy atom. The van der Waals surface area contributed by atoms with Crippen LogP contribution in [0.15, 0.2) is 18.2 Å². The van der Waals surface area contributed by atoms with E-state index >= 15 is 0 Å². The van der Waals surface area contributed by atoms with Crippen LogP contribution in [0.25, 0.3) is 0 Å². The summed E-state index contributed by atoms with van der Waals surface area (Å²) >= 11 is 0. The minimum Gasteiger partial charge on any atom is -0.504 e. The van der Waals surface area contributed by atoms with Crippen LogP contribution in [0.5, 0.6) is 11.5 Å². The van der Waals surface area contributed by atoms with Crippen molar-refractivity contribution in [1.29, 1.82) is 0 Å². The van der Waals surface area contributed by atoms with Gasteiger partial charge < -0.3 is 15.3 Å². The zero-order chi connectivity index (χ0) is 10.7. The van der Waals surface area contributed by atoms with Crippen LogP contribution in [0, 0.1) is 0 Å². The Labute approximate surface area is 81.4 Å². The number of carbonyl (C=O) groups is 1. The molecule has 0 saturated carbocycles. The summed E-state index contributed by atoms with van der Waals surface area (Å²) < 4.78 is 0. The number of aliphatic hydroxyl groups excluding tert-OH is 1.